The summed E-state index contributed by atoms with van der Waals surface area (Å²) < 4.78 is 10.5. The summed E-state index contributed by atoms with van der Waals surface area (Å²) in [5.41, 5.74) is 2.31. The van der Waals surface area contributed by atoms with E-state index in [1.165, 1.54) is 6.20 Å². The van der Waals surface area contributed by atoms with Gasteiger partial charge >= 0.3 is 5.97 Å². The smallest absolute Gasteiger partial charge is 0.310 e. The molecule has 1 N–H and O–H groups in total. The monoisotopic (exact) mass is 378 g/mol. The lowest BCUT2D eigenvalue weighted by molar-refractivity contribution is -0.142. The number of esters is 1. The van der Waals surface area contributed by atoms with Crippen LogP contribution in [0.3, 0.4) is 0 Å². The zero-order valence-electron chi connectivity index (χ0n) is 15.7. The van der Waals surface area contributed by atoms with E-state index in [1.54, 1.807) is 25.4 Å². The minimum Gasteiger partial charge on any atom is -0.464 e. The van der Waals surface area contributed by atoms with Crippen molar-refractivity contribution in [2.45, 2.75) is 13.0 Å². The molecule has 6 heteroatoms. The largest absolute Gasteiger partial charge is 0.464 e. The second kappa shape index (κ2) is 9.62. The van der Waals surface area contributed by atoms with E-state index in [2.05, 4.69) is 10.3 Å². The first-order valence-corrected chi connectivity index (χ1v) is 9.00. The summed E-state index contributed by atoms with van der Waals surface area (Å²) in [5, 5.41) is 4.86. The van der Waals surface area contributed by atoms with Gasteiger partial charge in [-0.25, -0.2) is 0 Å². The fourth-order valence-corrected chi connectivity index (χ4v) is 2.92. The molecule has 0 saturated heterocycles. The zero-order chi connectivity index (χ0) is 19.8. The average molecular weight is 378 g/mol. The first-order chi connectivity index (χ1) is 13.7. The van der Waals surface area contributed by atoms with Crippen LogP contribution in [0.15, 0.2) is 60.9 Å². The summed E-state index contributed by atoms with van der Waals surface area (Å²) in [4.78, 5) is 28.0. The molecule has 0 aliphatic rings. The van der Waals surface area contributed by atoms with E-state index < -0.39 is 0 Å². The van der Waals surface area contributed by atoms with Gasteiger partial charge in [0, 0.05) is 19.5 Å². The summed E-state index contributed by atoms with van der Waals surface area (Å²) in [6.07, 6.45) is 3.24. The van der Waals surface area contributed by atoms with Crippen LogP contribution in [-0.4, -0.2) is 37.1 Å². The number of carbonyl (C=O) groups excluding carboxylic acids is 2. The third-order valence-electron chi connectivity index (χ3n) is 4.28. The van der Waals surface area contributed by atoms with Crippen LogP contribution in [0.1, 0.15) is 21.5 Å². The SMILES string of the molecule is COCc1cc2ccccc2cc1CC(=O)OCCNC(=O)c1cccnc1. The molecule has 144 valence electrons. The number of rotatable bonds is 8. The number of hydrogen-bond acceptors (Lipinski definition) is 5. The predicted octanol–water partition coefficient (Wildman–Crippen LogP) is 2.90. The lowest BCUT2D eigenvalue weighted by Gasteiger charge is -2.11. The second-order valence-corrected chi connectivity index (χ2v) is 6.30. The number of fused-ring (bicyclic) bond motifs is 1. The summed E-state index contributed by atoms with van der Waals surface area (Å²) in [5.74, 6) is -0.593. The van der Waals surface area contributed by atoms with Crippen LogP contribution in [-0.2, 0) is 27.3 Å². The molecule has 0 unspecified atom stereocenters. The molecule has 0 saturated carbocycles. The van der Waals surface area contributed by atoms with Crippen LogP contribution >= 0.6 is 0 Å². The van der Waals surface area contributed by atoms with Crippen LogP contribution < -0.4 is 5.32 Å². The van der Waals surface area contributed by atoms with E-state index in [9.17, 15) is 9.59 Å². The number of hydrogen-bond donors (Lipinski definition) is 1. The number of pyridine rings is 1. The number of benzene rings is 2. The van der Waals surface area contributed by atoms with Gasteiger partial charge in [0.2, 0.25) is 0 Å². The molecular weight excluding hydrogens is 356 g/mol. The van der Waals surface area contributed by atoms with E-state index in [-0.39, 0.29) is 31.4 Å². The highest BCUT2D eigenvalue weighted by Gasteiger charge is 2.11. The minimum atomic E-state index is -0.344. The second-order valence-electron chi connectivity index (χ2n) is 6.30. The highest BCUT2D eigenvalue weighted by Crippen LogP contribution is 2.21. The Morgan fingerprint density at radius 1 is 1.04 bits per heavy atom. The molecule has 1 heterocycles. The molecule has 0 fully saturated rings. The standard InChI is InChI=1S/C22H22N2O4/c1-27-15-20-12-17-6-3-2-5-16(17)11-19(20)13-21(25)28-10-9-24-22(26)18-7-4-8-23-14-18/h2-8,11-12,14H,9-10,13,15H2,1H3,(H,24,26). The van der Waals surface area contributed by atoms with Crippen molar-refractivity contribution in [3.8, 4) is 0 Å². The van der Waals surface area contributed by atoms with Crippen molar-refractivity contribution in [1.82, 2.24) is 10.3 Å². The van der Waals surface area contributed by atoms with Crippen molar-refractivity contribution >= 4 is 22.6 Å². The number of aromatic nitrogens is 1. The fraction of sp³-hybridized carbons (Fsp3) is 0.227. The van der Waals surface area contributed by atoms with E-state index in [0.717, 1.165) is 21.9 Å². The van der Waals surface area contributed by atoms with Gasteiger partial charge in [0.25, 0.3) is 5.91 Å². The molecule has 0 spiro atoms. The molecule has 3 aromatic rings. The molecule has 0 bridgehead atoms. The Morgan fingerprint density at radius 2 is 1.79 bits per heavy atom. The quantitative estimate of drug-likeness (QED) is 0.482. The van der Waals surface area contributed by atoms with Crippen molar-refractivity contribution < 1.29 is 19.1 Å². The van der Waals surface area contributed by atoms with Gasteiger partial charge in [0.05, 0.1) is 25.1 Å². The van der Waals surface area contributed by atoms with Gasteiger partial charge in [0.1, 0.15) is 6.61 Å². The number of methoxy groups -OCH3 is 1. The molecule has 0 aliphatic heterocycles. The maximum atomic E-state index is 12.2. The molecule has 6 nitrogen and oxygen atoms in total. The maximum Gasteiger partial charge on any atom is 0.310 e. The van der Waals surface area contributed by atoms with Crippen molar-refractivity contribution in [3.63, 3.8) is 0 Å². The lowest BCUT2D eigenvalue weighted by Crippen LogP contribution is -2.28. The molecule has 0 radical (unpaired) electrons. The van der Waals surface area contributed by atoms with E-state index >= 15 is 0 Å². The van der Waals surface area contributed by atoms with Gasteiger partial charge in [-0.05, 0) is 40.1 Å². The van der Waals surface area contributed by atoms with Crippen LogP contribution in [0, 0.1) is 0 Å². The van der Waals surface area contributed by atoms with Crippen LogP contribution in [0.4, 0.5) is 0 Å². The fourth-order valence-electron chi connectivity index (χ4n) is 2.92. The number of amides is 1. The summed E-state index contributed by atoms with van der Waals surface area (Å²) in [7, 11) is 1.63. The van der Waals surface area contributed by atoms with Crippen molar-refractivity contribution in [1.29, 1.82) is 0 Å². The van der Waals surface area contributed by atoms with E-state index in [0.29, 0.717) is 12.2 Å². The maximum absolute atomic E-state index is 12.2. The first-order valence-electron chi connectivity index (χ1n) is 9.00. The Balaban J connectivity index is 1.54. The van der Waals surface area contributed by atoms with Gasteiger partial charge in [-0.2, -0.15) is 0 Å². The molecular formula is C22H22N2O4. The Labute approximate surface area is 163 Å². The average Bonchev–Trinajstić information content (AvgIpc) is 2.72. The Morgan fingerprint density at radius 3 is 2.46 bits per heavy atom. The van der Waals surface area contributed by atoms with Crippen LogP contribution in [0.2, 0.25) is 0 Å². The summed E-state index contributed by atoms with van der Waals surface area (Å²) >= 11 is 0. The molecule has 0 atom stereocenters. The molecule has 28 heavy (non-hydrogen) atoms. The molecule has 1 aromatic heterocycles. The minimum absolute atomic E-state index is 0.109. The number of nitrogens with zero attached hydrogens (tertiary/aromatic N) is 1. The van der Waals surface area contributed by atoms with Gasteiger partial charge in [-0.15, -0.1) is 0 Å². The normalized spacial score (nSPS) is 10.6. The molecule has 0 aliphatic carbocycles. The van der Waals surface area contributed by atoms with E-state index in [1.807, 2.05) is 36.4 Å². The van der Waals surface area contributed by atoms with E-state index in [4.69, 9.17) is 9.47 Å². The van der Waals surface area contributed by atoms with Gasteiger partial charge < -0.3 is 14.8 Å². The number of nitrogens with one attached hydrogen (secondary N) is 1. The summed E-state index contributed by atoms with van der Waals surface area (Å²) in [6, 6.07) is 15.4. The predicted molar refractivity (Wildman–Crippen MR) is 106 cm³/mol. The zero-order valence-corrected chi connectivity index (χ0v) is 15.7. The van der Waals surface area contributed by atoms with Crippen molar-refractivity contribution in [3.05, 3.63) is 77.6 Å². The Bertz CT molecular complexity index is 957. The topological polar surface area (TPSA) is 77.5 Å². The highest BCUT2D eigenvalue weighted by atomic mass is 16.5. The third kappa shape index (κ3) is 5.14. The summed E-state index contributed by atoms with van der Waals surface area (Å²) in [6.45, 7) is 0.773. The highest BCUT2D eigenvalue weighted by molar-refractivity contribution is 5.93. The first kappa shape index (κ1) is 19.5. The lowest BCUT2D eigenvalue weighted by atomic mass is 9.99. The van der Waals surface area contributed by atoms with Crippen LogP contribution in [0.25, 0.3) is 10.8 Å². The number of ether oxygens (including phenoxy) is 2. The Kier molecular flexibility index (Phi) is 6.70. The van der Waals surface area contributed by atoms with Crippen molar-refractivity contribution in [2.24, 2.45) is 0 Å². The van der Waals surface area contributed by atoms with Gasteiger partial charge in [0.15, 0.2) is 0 Å². The molecule has 3 rings (SSSR count). The van der Waals surface area contributed by atoms with Gasteiger partial charge in [-0.1, -0.05) is 30.3 Å². The third-order valence-corrected chi connectivity index (χ3v) is 4.28. The molecule has 1 amide bonds. The molecule has 2 aromatic carbocycles. The van der Waals surface area contributed by atoms with Crippen molar-refractivity contribution in [2.75, 3.05) is 20.3 Å². The Hall–Kier alpha value is -3.25. The number of carbonyl (C=O) groups is 2. The van der Waals surface area contributed by atoms with Gasteiger partial charge in [-0.3, -0.25) is 14.6 Å². The van der Waals surface area contributed by atoms with Crippen LogP contribution in [0.5, 0.6) is 0 Å².